The van der Waals surface area contributed by atoms with Crippen molar-refractivity contribution in [3.63, 3.8) is 0 Å². The van der Waals surface area contributed by atoms with E-state index in [2.05, 4.69) is 41.0 Å². The summed E-state index contributed by atoms with van der Waals surface area (Å²) in [5.74, 6) is 0.792. The number of thiophene rings is 1. The molecule has 0 atom stereocenters. The largest absolute Gasteiger partial charge is 0.346 e. The second-order valence-corrected chi connectivity index (χ2v) is 7.23. The molecule has 0 aliphatic heterocycles. The first-order valence-corrected chi connectivity index (χ1v) is 9.41. The van der Waals surface area contributed by atoms with Gasteiger partial charge in [-0.2, -0.15) is 0 Å². The van der Waals surface area contributed by atoms with Crippen LogP contribution in [0.1, 0.15) is 46.8 Å². The van der Waals surface area contributed by atoms with E-state index in [1.165, 1.54) is 42.6 Å². The lowest BCUT2D eigenvalue weighted by atomic mass is 9.82. The minimum atomic E-state index is 0.0567. The maximum absolute atomic E-state index is 11.8. The summed E-state index contributed by atoms with van der Waals surface area (Å²) in [6, 6.07) is 15.4. The van der Waals surface area contributed by atoms with Crippen molar-refractivity contribution in [2.45, 2.75) is 37.6 Å². The predicted octanol–water partition coefficient (Wildman–Crippen LogP) is 2.77. The van der Waals surface area contributed by atoms with E-state index in [9.17, 15) is 4.79 Å². The number of nitrogens with two attached hydrogens (primary N) is 1. The Morgan fingerprint density at radius 3 is 2.57 bits per heavy atom. The number of benzene rings is 1. The molecule has 1 amide bonds. The average molecular weight is 329 g/mol. The van der Waals surface area contributed by atoms with Gasteiger partial charge in [0.15, 0.2) is 0 Å². The van der Waals surface area contributed by atoms with Crippen LogP contribution in [-0.2, 0) is 0 Å². The summed E-state index contributed by atoms with van der Waals surface area (Å²) in [6.45, 7) is 1.72. The van der Waals surface area contributed by atoms with Gasteiger partial charge in [-0.15, -0.1) is 11.3 Å². The zero-order chi connectivity index (χ0) is 15.9. The average Bonchev–Trinajstić information content (AvgIpc) is 3.15. The summed E-state index contributed by atoms with van der Waals surface area (Å²) in [5.41, 5.74) is 1.49. The highest BCUT2D eigenvalue weighted by Gasteiger charge is 2.23. The number of amides is 1. The molecular weight excluding hydrogens is 304 g/mol. The molecule has 3 N–H and O–H groups in total. The van der Waals surface area contributed by atoms with Gasteiger partial charge in [-0.3, -0.25) is 4.79 Å². The fourth-order valence-electron chi connectivity index (χ4n) is 3.41. The van der Waals surface area contributed by atoms with Crippen molar-refractivity contribution >= 4 is 17.2 Å². The van der Waals surface area contributed by atoms with Gasteiger partial charge in [0, 0.05) is 0 Å². The lowest BCUT2D eigenvalue weighted by Gasteiger charge is -2.27. The molecule has 0 radical (unpaired) electrons. The van der Waals surface area contributed by atoms with Crippen LogP contribution < -0.4 is 10.6 Å². The van der Waals surface area contributed by atoms with Gasteiger partial charge in [-0.1, -0.05) is 36.4 Å². The van der Waals surface area contributed by atoms with Crippen molar-refractivity contribution in [3.05, 3.63) is 58.3 Å². The highest BCUT2D eigenvalue weighted by atomic mass is 32.1. The Morgan fingerprint density at radius 2 is 1.87 bits per heavy atom. The molecule has 1 aromatic heterocycles. The van der Waals surface area contributed by atoms with E-state index >= 15 is 0 Å². The van der Waals surface area contributed by atoms with E-state index in [4.69, 9.17) is 0 Å². The minimum absolute atomic E-state index is 0.0567. The Morgan fingerprint density at radius 1 is 1.09 bits per heavy atom. The number of carbonyl (C=O) groups is 1. The van der Waals surface area contributed by atoms with Crippen molar-refractivity contribution in [3.8, 4) is 0 Å². The van der Waals surface area contributed by atoms with E-state index in [0.29, 0.717) is 6.04 Å². The Hall–Kier alpha value is -1.65. The zero-order valence-electron chi connectivity index (χ0n) is 13.4. The molecule has 2 aromatic rings. The molecule has 0 unspecified atom stereocenters. The third kappa shape index (κ3) is 4.66. The molecule has 1 aliphatic rings. The molecule has 1 saturated carbocycles. The summed E-state index contributed by atoms with van der Waals surface area (Å²) < 4.78 is 0. The zero-order valence-corrected chi connectivity index (χ0v) is 14.2. The van der Waals surface area contributed by atoms with Crippen LogP contribution in [0.4, 0.5) is 0 Å². The van der Waals surface area contributed by atoms with Gasteiger partial charge >= 0.3 is 0 Å². The SMILES string of the molecule is O=C(NCC[NH2+]C1CCC(c2ccccc2)CC1)c1cccs1. The lowest BCUT2D eigenvalue weighted by molar-refractivity contribution is -0.690. The Labute approximate surface area is 142 Å². The molecule has 122 valence electrons. The summed E-state index contributed by atoms with van der Waals surface area (Å²) in [6.07, 6.45) is 5.12. The number of hydrogen-bond donors (Lipinski definition) is 2. The van der Waals surface area contributed by atoms with Crippen LogP contribution in [0.15, 0.2) is 47.8 Å². The third-order valence-electron chi connectivity index (χ3n) is 4.72. The van der Waals surface area contributed by atoms with Crippen LogP contribution >= 0.6 is 11.3 Å². The maximum Gasteiger partial charge on any atom is 0.261 e. The summed E-state index contributed by atoms with van der Waals surface area (Å²) >= 11 is 1.49. The summed E-state index contributed by atoms with van der Waals surface area (Å²) in [5, 5.41) is 7.35. The molecule has 1 aliphatic carbocycles. The molecule has 0 saturated heterocycles. The minimum Gasteiger partial charge on any atom is -0.346 e. The molecule has 1 fully saturated rings. The molecule has 1 heterocycles. The van der Waals surface area contributed by atoms with Gasteiger partial charge in [0.1, 0.15) is 0 Å². The Kier molecular flexibility index (Phi) is 5.83. The number of quaternary nitrogens is 1. The van der Waals surface area contributed by atoms with E-state index in [1.807, 2.05) is 17.5 Å². The standard InChI is InChI=1S/C19H24N2OS/c22-19(18-7-4-14-23-18)21-13-12-20-17-10-8-16(9-11-17)15-5-2-1-3-6-15/h1-7,14,16-17,20H,8-13H2,(H,21,22)/p+1. The van der Waals surface area contributed by atoms with Crippen LogP contribution in [0.3, 0.4) is 0 Å². The highest BCUT2D eigenvalue weighted by molar-refractivity contribution is 7.12. The maximum atomic E-state index is 11.8. The Balaban J connectivity index is 1.33. The van der Waals surface area contributed by atoms with Crippen LogP contribution in [0.2, 0.25) is 0 Å². The van der Waals surface area contributed by atoms with Gasteiger partial charge in [-0.05, 0) is 48.6 Å². The summed E-state index contributed by atoms with van der Waals surface area (Å²) in [7, 11) is 0. The second kappa shape index (κ2) is 8.27. The molecule has 0 bridgehead atoms. The second-order valence-electron chi connectivity index (χ2n) is 6.28. The topological polar surface area (TPSA) is 45.7 Å². The first kappa shape index (κ1) is 16.2. The van der Waals surface area contributed by atoms with Crippen LogP contribution in [0, 0.1) is 0 Å². The molecule has 3 rings (SSSR count). The monoisotopic (exact) mass is 329 g/mol. The van der Waals surface area contributed by atoms with Crippen molar-refractivity contribution in [1.82, 2.24) is 5.32 Å². The van der Waals surface area contributed by atoms with E-state index < -0.39 is 0 Å². The van der Waals surface area contributed by atoms with E-state index in [0.717, 1.165) is 23.9 Å². The molecule has 23 heavy (non-hydrogen) atoms. The quantitative estimate of drug-likeness (QED) is 0.787. The van der Waals surface area contributed by atoms with Crippen molar-refractivity contribution in [2.24, 2.45) is 0 Å². The Bertz CT molecular complexity index is 589. The third-order valence-corrected chi connectivity index (χ3v) is 5.59. The van der Waals surface area contributed by atoms with Gasteiger partial charge in [0.25, 0.3) is 5.91 Å². The van der Waals surface area contributed by atoms with Gasteiger partial charge < -0.3 is 10.6 Å². The first-order chi connectivity index (χ1) is 11.3. The van der Waals surface area contributed by atoms with Crippen molar-refractivity contribution in [1.29, 1.82) is 0 Å². The van der Waals surface area contributed by atoms with Crippen molar-refractivity contribution in [2.75, 3.05) is 13.1 Å². The number of nitrogens with one attached hydrogen (secondary N) is 1. The predicted molar refractivity (Wildman–Crippen MR) is 94.9 cm³/mol. The van der Waals surface area contributed by atoms with Gasteiger partial charge in [-0.25, -0.2) is 0 Å². The smallest absolute Gasteiger partial charge is 0.261 e. The number of rotatable bonds is 6. The number of hydrogen-bond acceptors (Lipinski definition) is 2. The number of carbonyl (C=O) groups excluding carboxylic acids is 1. The molecule has 1 aromatic carbocycles. The summed E-state index contributed by atoms with van der Waals surface area (Å²) in [4.78, 5) is 12.6. The van der Waals surface area contributed by atoms with Gasteiger partial charge in [0.05, 0.1) is 24.0 Å². The molecule has 0 spiro atoms. The molecule has 3 nitrogen and oxygen atoms in total. The molecule has 4 heteroatoms. The molecular formula is C19H25N2OS+. The first-order valence-electron chi connectivity index (χ1n) is 8.53. The van der Waals surface area contributed by atoms with E-state index in [1.54, 1.807) is 0 Å². The lowest BCUT2D eigenvalue weighted by Crippen LogP contribution is -2.91. The van der Waals surface area contributed by atoms with Crippen LogP contribution in [-0.4, -0.2) is 25.0 Å². The fourth-order valence-corrected chi connectivity index (χ4v) is 4.05. The van der Waals surface area contributed by atoms with Crippen LogP contribution in [0.25, 0.3) is 0 Å². The van der Waals surface area contributed by atoms with Crippen LogP contribution in [0.5, 0.6) is 0 Å². The van der Waals surface area contributed by atoms with Crippen molar-refractivity contribution < 1.29 is 10.1 Å². The van der Waals surface area contributed by atoms with Gasteiger partial charge in [0.2, 0.25) is 0 Å². The normalized spacial score (nSPS) is 21.0. The highest BCUT2D eigenvalue weighted by Crippen LogP contribution is 2.31. The van der Waals surface area contributed by atoms with E-state index in [-0.39, 0.29) is 5.91 Å². The fraction of sp³-hybridized carbons (Fsp3) is 0.421.